The monoisotopic (exact) mass is 968 g/mol. The molecule has 0 N–H and O–H groups in total. The van der Waals surface area contributed by atoms with Gasteiger partial charge >= 0.3 is 0 Å². The predicted octanol–water partition coefficient (Wildman–Crippen LogP) is 8.74. The first-order valence-corrected chi connectivity index (χ1v) is 26.1. The van der Waals surface area contributed by atoms with E-state index in [2.05, 4.69) is 58.6 Å². The fourth-order valence-electron chi connectivity index (χ4n) is 13.0. The van der Waals surface area contributed by atoms with Crippen LogP contribution in [0.3, 0.4) is 0 Å². The van der Waals surface area contributed by atoms with E-state index in [4.69, 9.17) is 14.8 Å². The van der Waals surface area contributed by atoms with Gasteiger partial charge in [0.1, 0.15) is 18.0 Å². The summed E-state index contributed by atoms with van der Waals surface area (Å²) in [6.45, 7) is 13.6. The SMILES string of the molecule is CC(=O)N1CCc2c(c(N3CCCc4cc(-c5cnn(C)c5)c(C(F)F)cc43)nn2C2CCN(CC3CCC(Oc4ccc(N5CCC6(CC5)C[C@H](C)N(c5ccc(C#N)c(C)n5)C6)nn4)CC3)CC2)C1. The van der Waals surface area contributed by atoms with E-state index >= 15 is 0 Å². The summed E-state index contributed by atoms with van der Waals surface area (Å²) in [5, 5.41) is 28.2. The number of alkyl halides is 2. The quantitative estimate of drug-likeness (QED) is 0.132. The summed E-state index contributed by atoms with van der Waals surface area (Å²) < 4.78 is 39.9. The Kier molecular flexibility index (Phi) is 12.9. The normalized spacial score (nSPS) is 22.8. The number of amides is 1. The van der Waals surface area contributed by atoms with Crippen molar-refractivity contribution in [2.75, 3.05) is 67.1 Å². The minimum absolute atomic E-state index is 0.000259. The molecule has 11 rings (SSSR count). The Labute approximate surface area is 415 Å². The Bertz CT molecular complexity index is 2780. The number of aryl methyl sites for hydroxylation is 3. The highest BCUT2D eigenvalue weighted by molar-refractivity contribution is 5.78. The Balaban J connectivity index is 0.676. The molecule has 1 amide bonds. The van der Waals surface area contributed by atoms with Crippen molar-refractivity contribution in [1.29, 1.82) is 5.26 Å². The molecule has 1 spiro atoms. The number of carbonyl (C=O) groups excluding carboxylic acids is 1. The molecule has 1 aliphatic carbocycles. The third-order valence-corrected chi connectivity index (χ3v) is 16.9. The lowest BCUT2D eigenvalue weighted by Gasteiger charge is -2.39. The summed E-state index contributed by atoms with van der Waals surface area (Å²) in [6.07, 6.45) is 12.9. The summed E-state index contributed by atoms with van der Waals surface area (Å²) >= 11 is 0. The van der Waals surface area contributed by atoms with Crippen LogP contribution in [0.15, 0.2) is 48.8 Å². The number of ether oxygens (including phenoxy) is 1. The summed E-state index contributed by atoms with van der Waals surface area (Å²) in [4.78, 5) is 29.0. The van der Waals surface area contributed by atoms with Crippen LogP contribution in [0.4, 0.5) is 31.9 Å². The van der Waals surface area contributed by atoms with Crippen molar-refractivity contribution in [2.24, 2.45) is 18.4 Å². The van der Waals surface area contributed by atoms with Gasteiger partial charge in [-0.05, 0) is 137 Å². The number of anilines is 4. The van der Waals surface area contributed by atoms with Crippen molar-refractivity contribution in [2.45, 2.75) is 129 Å². The van der Waals surface area contributed by atoms with Crippen LogP contribution in [0, 0.1) is 29.6 Å². The standard InChI is InChI=1S/C54H67F2N13O2/c1-35-28-54(34-68(35)49-12-9-40(29-57)36(2)59-49)18-24-65(25-19-54)50-13-14-51(61-60-50)71-43-10-7-38(8-11-43)31-64-21-15-42(16-22-64)69-47-17-23-66(37(3)70)33-46(47)53(62-69)67-20-5-6-39-26-44(41-30-58-63(4)32-41)45(52(55)56)27-48(39)67/h9,12-14,26-27,30,32,35,38,42-43,52H,5-8,10-11,15-25,28,31,33-34H2,1-4H3/t35-,38?,43?/m0/s1. The lowest BCUT2D eigenvalue weighted by atomic mass is 9.77. The lowest BCUT2D eigenvalue weighted by molar-refractivity contribution is -0.129. The average molecular weight is 968 g/mol. The second kappa shape index (κ2) is 19.5. The molecule has 0 unspecified atom stereocenters. The molecule has 1 atom stereocenters. The molecule has 1 aromatic carbocycles. The van der Waals surface area contributed by atoms with Gasteiger partial charge in [-0.3, -0.25) is 14.2 Å². The Morgan fingerprint density at radius 3 is 2.44 bits per heavy atom. The topological polar surface area (TPSA) is 141 Å². The van der Waals surface area contributed by atoms with E-state index in [0.717, 1.165) is 156 Å². The van der Waals surface area contributed by atoms with Gasteiger partial charge in [0.25, 0.3) is 6.43 Å². The molecule has 3 saturated heterocycles. The number of hydrogen-bond acceptors (Lipinski definition) is 12. The van der Waals surface area contributed by atoms with Crippen LogP contribution >= 0.6 is 0 Å². The molecule has 71 heavy (non-hydrogen) atoms. The number of benzene rings is 1. The number of pyridine rings is 1. The van der Waals surface area contributed by atoms with Gasteiger partial charge in [0.05, 0.1) is 30.0 Å². The van der Waals surface area contributed by atoms with Crippen LogP contribution in [0.5, 0.6) is 5.88 Å². The third kappa shape index (κ3) is 9.44. The molecule has 5 aromatic rings. The Morgan fingerprint density at radius 2 is 1.75 bits per heavy atom. The second-order valence-electron chi connectivity index (χ2n) is 21.5. The van der Waals surface area contributed by atoms with Gasteiger partial charge < -0.3 is 29.2 Å². The first-order valence-electron chi connectivity index (χ1n) is 26.1. The average Bonchev–Trinajstić information content (AvgIpc) is 4.09. The zero-order valence-electron chi connectivity index (χ0n) is 41.7. The molecule has 4 fully saturated rings. The van der Waals surface area contributed by atoms with E-state index in [1.807, 2.05) is 36.1 Å². The maximum atomic E-state index is 14.8. The molecule has 17 heteroatoms. The fourth-order valence-corrected chi connectivity index (χ4v) is 13.0. The summed E-state index contributed by atoms with van der Waals surface area (Å²) in [7, 11) is 1.80. The van der Waals surface area contributed by atoms with Gasteiger partial charge in [-0.25, -0.2) is 13.8 Å². The number of carbonyl (C=O) groups is 1. The molecule has 1 saturated carbocycles. The second-order valence-corrected chi connectivity index (χ2v) is 21.5. The number of nitriles is 1. The molecule has 0 bridgehead atoms. The Hall–Kier alpha value is -6.15. The highest BCUT2D eigenvalue weighted by atomic mass is 19.3. The number of piperidine rings is 2. The number of aromatic nitrogens is 7. The van der Waals surface area contributed by atoms with Crippen molar-refractivity contribution < 1.29 is 18.3 Å². The molecule has 9 heterocycles. The Morgan fingerprint density at radius 1 is 0.958 bits per heavy atom. The van der Waals surface area contributed by atoms with Crippen molar-refractivity contribution in [3.05, 3.63) is 82.4 Å². The van der Waals surface area contributed by atoms with Crippen LogP contribution in [0.1, 0.15) is 124 Å². The minimum atomic E-state index is -2.65. The molecular formula is C54H67F2N13O2. The number of rotatable bonds is 10. The van der Waals surface area contributed by atoms with Gasteiger partial charge in [0.15, 0.2) is 11.6 Å². The van der Waals surface area contributed by atoms with Crippen LogP contribution in [-0.4, -0.2) is 115 Å². The van der Waals surface area contributed by atoms with Gasteiger partial charge in [-0.1, -0.05) is 0 Å². The largest absolute Gasteiger partial charge is 0.473 e. The number of hydrogen-bond donors (Lipinski definition) is 0. The van der Waals surface area contributed by atoms with Crippen molar-refractivity contribution in [3.63, 3.8) is 0 Å². The summed E-state index contributed by atoms with van der Waals surface area (Å²) in [5.74, 6) is 3.96. The molecule has 374 valence electrons. The smallest absolute Gasteiger partial charge is 0.264 e. The molecular weight excluding hydrogens is 901 g/mol. The number of likely N-dealkylation sites (tertiary alicyclic amines) is 1. The number of halogens is 2. The number of nitrogens with zero attached hydrogens (tertiary/aromatic N) is 13. The minimum Gasteiger partial charge on any atom is -0.473 e. The van der Waals surface area contributed by atoms with E-state index in [0.29, 0.717) is 54.2 Å². The van der Waals surface area contributed by atoms with Gasteiger partial charge in [-0.15, -0.1) is 10.2 Å². The van der Waals surface area contributed by atoms with E-state index in [9.17, 15) is 18.8 Å². The van der Waals surface area contributed by atoms with Gasteiger partial charge in [0.2, 0.25) is 11.8 Å². The van der Waals surface area contributed by atoms with Crippen molar-refractivity contribution in [1.82, 2.24) is 44.5 Å². The van der Waals surface area contributed by atoms with Crippen molar-refractivity contribution >= 4 is 29.0 Å². The maximum absolute atomic E-state index is 14.8. The zero-order valence-corrected chi connectivity index (χ0v) is 41.7. The van der Waals surface area contributed by atoms with Gasteiger partial charge in [-0.2, -0.15) is 15.5 Å². The maximum Gasteiger partial charge on any atom is 0.264 e. The molecule has 0 radical (unpaired) electrons. The van der Waals surface area contributed by atoms with Crippen LogP contribution < -0.4 is 19.4 Å². The molecule has 6 aliphatic rings. The third-order valence-electron chi connectivity index (χ3n) is 16.9. The predicted molar refractivity (Wildman–Crippen MR) is 268 cm³/mol. The van der Waals surface area contributed by atoms with Crippen LogP contribution in [-0.2, 0) is 31.2 Å². The first-order chi connectivity index (χ1) is 34.4. The molecule has 5 aliphatic heterocycles. The highest BCUT2D eigenvalue weighted by Crippen LogP contribution is 2.46. The first kappa shape index (κ1) is 47.2. The fraction of sp³-hybridized carbons (Fsp3) is 0.574. The zero-order chi connectivity index (χ0) is 49.0. The van der Waals surface area contributed by atoms with Crippen molar-refractivity contribution in [3.8, 4) is 23.1 Å². The van der Waals surface area contributed by atoms with Crippen LogP contribution in [0.25, 0.3) is 11.1 Å². The van der Waals surface area contributed by atoms with Crippen LogP contribution in [0.2, 0.25) is 0 Å². The van der Waals surface area contributed by atoms with E-state index in [1.165, 1.54) is 5.69 Å². The van der Waals surface area contributed by atoms with Gasteiger partial charge in [0, 0.05) is 119 Å². The number of fused-ring (bicyclic) bond motifs is 2. The summed E-state index contributed by atoms with van der Waals surface area (Å²) in [6, 6.07) is 14.4. The molecule has 4 aromatic heterocycles. The van der Waals surface area contributed by atoms with E-state index in [1.54, 1.807) is 37.1 Å². The highest BCUT2D eigenvalue weighted by Gasteiger charge is 2.45. The van der Waals surface area contributed by atoms with E-state index < -0.39 is 6.43 Å². The lowest BCUT2D eigenvalue weighted by Crippen LogP contribution is -2.42. The van der Waals surface area contributed by atoms with E-state index in [-0.39, 0.29) is 29.0 Å². The summed E-state index contributed by atoms with van der Waals surface area (Å²) in [5.41, 5.74) is 6.95. The molecule has 15 nitrogen and oxygen atoms in total.